The number of anilines is 1. The van der Waals surface area contributed by atoms with Crippen LogP contribution >= 0.6 is 0 Å². The largest absolute Gasteiger partial charge is 0.481 e. The summed E-state index contributed by atoms with van der Waals surface area (Å²) < 4.78 is 1.93. The maximum absolute atomic E-state index is 10.9. The monoisotopic (exact) mass is 287 g/mol. The Morgan fingerprint density at radius 1 is 1.29 bits per heavy atom. The van der Waals surface area contributed by atoms with Gasteiger partial charge in [0.05, 0.1) is 18.7 Å². The van der Waals surface area contributed by atoms with Crippen molar-refractivity contribution in [3.63, 3.8) is 0 Å². The highest BCUT2D eigenvalue weighted by Crippen LogP contribution is 2.18. The third-order valence-electron chi connectivity index (χ3n) is 3.45. The molecule has 1 heterocycles. The standard InChI is InChI=1S/C16H21N3O2/c1-3-19-15(8-10-17-19)12-18(11-9-16(20)21)14-6-4-13(2)5-7-14/h4-8,10H,3,9,11-12H2,1-2H3,(H,20,21). The third-order valence-corrected chi connectivity index (χ3v) is 3.45. The number of carboxylic acids is 1. The van der Waals surface area contributed by atoms with Crippen molar-refractivity contribution in [3.05, 3.63) is 47.8 Å². The number of carbonyl (C=O) groups is 1. The second kappa shape index (κ2) is 6.92. The minimum Gasteiger partial charge on any atom is -0.481 e. The number of aryl methyl sites for hydroxylation is 2. The number of aliphatic carboxylic acids is 1. The van der Waals surface area contributed by atoms with E-state index in [0.29, 0.717) is 13.1 Å². The van der Waals surface area contributed by atoms with Crippen molar-refractivity contribution in [2.45, 2.75) is 33.4 Å². The molecule has 1 N–H and O–H groups in total. The van der Waals surface area contributed by atoms with E-state index in [1.165, 1.54) is 5.56 Å². The van der Waals surface area contributed by atoms with Crippen molar-refractivity contribution >= 4 is 11.7 Å². The van der Waals surface area contributed by atoms with Crippen LogP contribution in [0, 0.1) is 6.92 Å². The van der Waals surface area contributed by atoms with Crippen molar-refractivity contribution in [1.29, 1.82) is 0 Å². The molecule has 5 nitrogen and oxygen atoms in total. The summed E-state index contributed by atoms with van der Waals surface area (Å²) in [5.74, 6) is -0.781. The van der Waals surface area contributed by atoms with E-state index in [4.69, 9.17) is 5.11 Å². The molecule has 0 spiro atoms. The van der Waals surface area contributed by atoms with E-state index in [0.717, 1.165) is 17.9 Å². The Morgan fingerprint density at radius 3 is 2.62 bits per heavy atom. The maximum Gasteiger partial charge on any atom is 0.305 e. The van der Waals surface area contributed by atoms with E-state index in [1.807, 2.05) is 48.9 Å². The Labute approximate surface area is 124 Å². The fraction of sp³-hybridized carbons (Fsp3) is 0.375. The molecule has 0 aliphatic carbocycles. The van der Waals surface area contributed by atoms with Gasteiger partial charge >= 0.3 is 5.97 Å². The Balaban J connectivity index is 2.19. The molecule has 0 unspecified atom stereocenters. The van der Waals surface area contributed by atoms with Crippen LogP contribution in [0.4, 0.5) is 5.69 Å². The lowest BCUT2D eigenvalue weighted by Crippen LogP contribution is -2.27. The predicted octanol–water partition coefficient (Wildman–Crippen LogP) is 2.69. The molecule has 1 aromatic carbocycles. The highest BCUT2D eigenvalue weighted by atomic mass is 16.4. The highest BCUT2D eigenvalue weighted by Gasteiger charge is 2.12. The molecule has 0 atom stereocenters. The maximum atomic E-state index is 10.9. The normalized spacial score (nSPS) is 10.6. The lowest BCUT2D eigenvalue weighted by atomic mass is 10.2. The van der Waals surface area contributed by atoms with Gasteiger partial charge in [-0.1, -0.05) is 17.7 Å². The van der Waals surface area contributed by atoms with Crippen LogP contribution in [-0.4, -0.2) is 27.4 Å². The molecule has 5 heteroatoms. The lowest BCUT2D eigenvalue weighted by molar-refractivity contribution is -0.136. The Kier molecular flexibility index (Phi) is 4.98. The lowest BCUT2D eigenvalue weighted by Gasteiger charge is -2.24. The van der Waals surface area contributed by atoms with E-state index in [1.54, 1.807) is 6.20 Å². The number of carboxylic acid groups (broad SMARTS) is 1. The molecule has 21 heavy (non-hydrogen) atoms. The van der Waals surface area contributed by atoms with Gasteiger partial charge in [0.25, 0.3) is 0 Å². The number of nitrogens with zero attached hydrogens (tertiary/aromatic N) is 3. The summed E-state index contributed by atoms with van der Waals surface area (Å²) in [5.41, 5.74) is 3.31. The summed E-state index contributed by atoms with van der Waals surface area (Å²) >= 11 is 0. The van der Waals surface area contributed by atoms with Gasteiger partial charge in [0.1, 0.15) is 0 Å². The summed E-state index contributed by atoms with van der Waals surface area (Å²) in [5, 5.41) is 13.2. The molecule has 0 amide bonds. The van der Waals surface area contributed by atoms with Crippen molar-refractivity contribution < 1.29 is 9.90 Å². The SMILES string of the molecule is CCn1nccc1CN(CCC(=O)O)c1ccc(C)cc1. The molecule has 0 fully saturated rings. The second-order valence-corrected chi connectivity index (χ2v) is 5.04. The Bertz CT molecular complexity index is 590. The van der Waals surface area contributed by atoms with Gasteiger partial charge in [-0.25, -0.2) is 0 Å². The number of hydrogen-bond acceptors (Lipinski definition) is 3. The van der Waals surface area contributed by atoms with Gasteiger partial charge in [-0.3, -0.25) is 9.48 Å². The van der Waals surface area contributed by atoms with Crippen molar-refractivity contribution in [2.24, 2.45) is 0 Å². The van der Waals surface area contributed by atoms with Gasteiger partial charge in [0.2, 0.25) is 0 Å². The van der Waals surface area contributed by atoms with Crippen LogP contribution < -0.4 is 4.90 Å². The molecular weight excluding hydrogens is 266 g/mol. The minimum atomic E-state index is -0.781. The Hall–Kier alpha value is -2.30. The van der Waals surface area contributed by atoms with E-state index in [-0.39, 0.29) is 6.42 Å². The first kappa shape index (κ1) is 15.1. The van der Waals surface area contributed by atoms with Crippen LogP contribution in [0.5, 0.6) is 0 Å². The van der Waals surface area contributed by atoms with Crippen LogP contribution in [0.15, 0.2) is 36.5 Å². The van der Waals surface area contributed by atoms with E-state index < -0.39 is 5.97 Å². The molecule has 0 saturated carbocycles. The number of aromatic nitrogens is 2. The zero-order chi connectivity index (χ0) is 15.2. The van der Waals surface area contributed by atoms with Crippen LogP contribution in [0.25, 0.3) is 0 Å². The van der Waals surface area contributed by atoms with Crippen molar-refractivity contribution in [2.75, 3.05) is 11.4 Å². The van der Waals surface area contributed by atoms with Crippen molar-refractivity contribution in [3.8, 4) is 0 Å². The van der Waals surface area contributed by atoms with Gasteiger partial charge < -0.3 is 10.0 Å². The molecule has 2 rings (SSSR count). The van der Waals surface area contributed by atoms with Crippen molar-refractivity contribution in [1.82, 2.24) is 9.78 Å². The van der Waals surface area contributed by atoms with E-state index in [9.17, 15) is 4.79 Å². The molecule has 0 radical (unpaired) electrons. The molecule has 0 bridgehead atoms. The summed E-state index contributed by atoms with van der Waals surface area (Å²) in [6.07, 6.45) is 1.90. The predicted molar refractivity (Wildman–Crippen MR) is 82.4 cm³/mol. The Morgan fingerprint density at radius 2 is 2.00 bits per heavy atom. The molecule has 112 valence electrons. The summed E-state index contributed by atoms with van der Waals surface area (Å²) in [4.78, 5) is 13.0. The van der Waals surface area contributed by atoms with Gasteiger partial charge in [0.15, 0.2) is 0 Å². The number of benzene rings is 1. The van der Waals surface area contributed by atoms with Gasteiger partial charge in [-0.2, -0.15) is 5.10 Å². The van der Waals surface area contributed by atoms with E-state index in [2.05, 4.69) is 10.00 Å². The number of hydrogen-bond donors (Lipinski definition) is 1. The second-order valence-electron chi connectivity index (χ2n) is 5.04. The first-order valence-corrected chi connectivity index (χ1v) is 7.14. The summed E-state index contributed by atoms with van der Waals surface area (Å²) in [6.45, 7) is 6.03. The number of rotatable bonds is 7. The third kappa shape index (κ3) is 4.08. The first-order chi connectivity index (χ1) is 10.1. The quantitative estimate of drug-likeness (QED) is 0.850. The fourth-order valence-corrected chi connectivity index (χ4v) is 2.26. The van der Waals surface area contributed by atoms with Crippen LogP contribution in [0.3, 0.4) is 0 Å². The molecule has 0 aliphatic heterocycles. The first-order valence-electron chi connectivity index (χ1n) is 7.14. The van der Waals surface area contributed by atoms with Gasteiger partial charge in [0, 0.05) is 25.0 Å². The highest BCUT2D eigenvalue weighted by molar-refractivity contribution is 5.67. The molecule has 0 saturated heterocycles. The topological polar surface area (TPSA) is 58.4 Å². The van der Waals surface area contributed by atoms with Gasteiger partial charge in [-0.15, -0.1) is 0 Å². The minimum absolute atomic E-state index is 0.119. The zero-order valence-corrected chi connectivity index (χ0v) is 12.5. The van der Waals surface area contributed by atoms with E-state index >= 15 is 0 Å². The molecule has 2 aromatic rings. The van der Waals surface area contributed by atoms with Crippen LogP contribution in [0.1, 0.15) is 24.6 Å². The zero-order valence-electron chi connectivity index (χ0n) is 12.5. The molecule has 1 aromatic heterocycles. The summed E-state index contributed by atoms with van der Waals surface area (Å²) in [6, 6.07) is 10.1. The molecule has 0 aliphatic rings. The smallest absolute Gasteiger partial charge is 0.305 e. The van der Waals surface area contributed by atoms with Crippen LogP contribution in [-0.2, 0) is 17.9 Å². The fourth-order valence-electron chi connectivity index (χ4n) is 2.26. The average Bonchev–Trinajstić information content (AvgIpc) is 2.91. The van der Waals surface area contributed by atoms with Crippen LogP contribution in [0.2, 0.25) is 0 Å². The average molecular weight is 287 g/mol. The summed E-state index contributed by atoms with van der Waals surface area (Å²) in [7, 11) is 0. The molecular formula is C16H21N3O2. The van der Waals surface area contributed by atoms with Gasteiger partial charge in [-0.05, 0) is 32.0 Å².